The van der Waals surface area contributed by atoms with E-state index in [2.05, 4.69) is 34.7 Å². The summed E-state index contributed by atoms with van der Waals surface area (Å²) in [5.74, 6) is 1.08. The highest BCUT2D eigenvalue weighted by Crippen LogP contribution is 2.21. The lowest BCUT2D eigenvalue weighted by molar-refractivity contribution is -0.128. The van der Waals surface area contributed by atoms with Crippen molar-refractivity contribution in [1.29, 1.82) is 0 Å². The van der Waals surface area contributed by atoms with Crippen LogP contribution in [0.2, 0.25) is 0 Å². The molecule has 1 fully saturated rings. The highest BCUT2D eigenvalue weighted by molar-refractivity contribution is 7.09. The number of hydrogen-bond donors (Lipinski definition) is 1. The molecular weight excluding hydrogens is 410 g/mol. The first-order valence-electron chi connectivity index (χ1n) is 10.8. The van der Waals surface area contributed by atoms with Gasteiger partial charge in [0.25, 0.3) is 0 Å². The van der Waals surface area contributed by atoms with Gasteiger partial charge in [-0.2, -0.15) is 0 Å². The van der Waals surface area contributed by atoms with E-state index in [4.69, 9.17) is 14.7 Å². The van der Waals surface area contributed by atoms with E-state index >= 15 is 0 Å². The minimum Gasteiger partial charge on any atom is -0.375 e. The first-order chi connectivity index (χ1) is 15.0. The predicted octanol–water partition coefficient (Wildman–Crippen LogP) is 3.57. The summed E-state index contributed by atoms with van der Waals surface area (Å²) >= 11 is 1.62. The Balaban J connectivity index is 1.69. The lowest BCUT2D eigenvalue weighted by Gasteiger charge is -2.22. The van der Waals surface area contributed by atoms with Gasteiger partial charge in [0.05, 0.1) is 18.8 Å². The highest BCUT2D eigenvalue weighted by atomic mass is 32.1. The molecule has 1 aromatic heterocycles. The van der Waals surface area contributed by atoms with Gasteiger partial charge in [0.2, 0.25) is 5.91 Å². The van der Waals surface area contributed by atoms with Gasteiger partial charge >= 0.3 is 0 Å². The molecule has 2 aromatic rings. The molecule has 1 aromatic carbocycles. The zero-order chi connectivity index (χ0) is 22.2. The van der Waals surface area contributed by atoms with E-state index in [1.165, 1.54) is 0 Å². The van der Waals surface area contributed by atoms with Crippen LogP contribution in [-0.4, -0.2) is 53.9 Å². The van der Waals surface area contributed by atoms with Gasteiger partial charge in [-0.15, -0.1) is 11.3 Å². The van der Waals surface area contributed by atoms with Gasteiger partial charge in [0.1, 0.15) is 11.1 Å². The Morgan fingerprint density at radius 2 is 2.16 bits per heavy atom. The summed E-state index contributed by atoms with van der Waals surface area (Å²) in [5, 5.41) is 6.44. The summed E-state index contributed by atoms with van der Waals surface area (Å²) in [6.45, 7) is 7.60. The number of rotatable bonds is 9. The lowest BCUT2D eigenvalue weighted by Crippen LogP contribution is -2.38. The molecule has 1 saturated heterocycles. The molecule has 3 rings (SSSR count). The van der Waals surface area contributed by atoms with Crippen LogP contribution in [0.25, 0.3) is 0 Å². The van der Waals surface area contributed by atoms with Gasteiger partial charge in [0.15, 0.2) is 5.96 Å². The monoisotopic (exact) mass is 443 g/mol. The molecule has 1 unspecified atom stereocenters. The van der Waals surface area contributed by atoms with E-state index in [1.807, 2.05) is 31.0 Å². The third kappa shape index (κ3) is 6.27. The first-order valence-corrected chi connectivity index (χ1v) is 11.7. The maximum Gasteiger partial charge on any atom is 0.222 e. The van der Waals surface area contributed by atoms with E-state index in [0.717, 1.165) is 47.3 Å². The van der Waals surface area contributed by atoms with E-state index in [0.29, 0.717) is 26.1 Å². The third-order valence-electron chi connectivity index (χ3n) is 5.42. The number of carbonyl (C=O) groups is 1. The van der Waals surface area contributed by atoms with Crippen molar-refractivity contribution in [2.75, 3.05) is 27.2 Å². The Kier molecular flexibility index (Phi) is 8.43. The second kappa shape index (κ2) is 11.2. The van der Waals surface area contributed by atoms with Crippen LogP contribution in [-0.2, 0) is 29.2 Å². The van der Waals surface area contributed by atoms with Crippen LogP contribution in [0, 0.1) is 0 Å². The van der Waals surface area contributed by atoms with Crippen LogP contribution < -0.4 is 5.32 Å². The number of aromatic nitrogens is 1. The first kappa shape index (κ1) is 23.2. The number of nitrogens with one attached hydrogen (secondary N) is 1. The Bertz CT molecular complexity index is 898. The second-order valence-corrected chi connectivity index (χ2v) is 8.66. The number of aliphatic imine (C=N–C) groups is 1. The van der Waals surface area contributed by atoms with E-state index in [1.54, 1.807) is 18.4 Å². The number of guanidine groups is 1. The van der Waals surface area contributed by atoms with Crippen LogP contribution >= 0.6 is 11.3 Å². The number of methoxy groups -OCH3 is 1. The summed E-state index contributed by atoms with van der Waals surface area (Å²) < 4.78 is 5.37. The third-order valence-corrected chi connectivity index (χ3v) is 6.47. The molecule has 0 radical (unpaired) electrons. The van der Waals surface area contributed by atoms with Crippen molar-refractivity contribution in [3.63, 3.8) is 0 Å². The Morgan fingerprint density at radius 1 is 1.39 bits per heavy atom. The van der Waals surface area contributed by atoms with Crippen LogP contribution in [0.15, 0.2) is 34.6 Å². The number of thiazole rings is 1. The van der Waals surface area contributed by atoms with Crippen molar-refractivity contribution in [2.45, 2.75) is 52.4 Å². The van der Waals surface area contributed by atoms with Crippen molar-refractivity contribution in [2.24, 2.45) is 4.99 Å². The van der Waals surface area contributed by atoms with Gasteiger partial charge in [-0.1, -0.05) is 24.3 Å². The quantitative estimate of drug-likeness (QED) is 0.474. The van der Waals surface area contributed by atoms with E-state index < -0.39 is 0 Å². The number of amides is 1. The molecule has 2 heterocycles. The molecule has 0 bridgehead atoms. The van der Waals surface area contributed by atoms with Crippen LogP contribution in [0.4, 0.5) is 0 Å². The molecule has 1 atom stereocenters. The topological polar surface area (TPSA) is 70.1 Å². The normalized spacial score (nSPS) is 15.4. The van der Waals surface area contributed by atoms with E-state index in [9.17, 15) is 4.79 Å². The average Bonchev–Trinajstić information content (AvgIpc) is 3.40. The molecule has 1 aliphatic rings. The van der Waals surface area contributed by atoms with Crippen LogP contribution in [0.1, 0.15) is 54.6 Å². The van der Waals surface area contributed by atoms with Crippen molar-refractivity contribution in [3.05, 3.63) is 51.5 Å². The summed E-state index contributed by atoms with van der Waals surface area (Å²) in [6, 6.07) is 8.26. The number of likely N-dealkylation sites (tertiary alicyclic amines) is 1. The Hall–Kier alpha value is -2.45. The number of carbonyl (C=O) groups excluding carboxylic acids is 1. The van der Waals surface area contributed by atoms with Crippen LogP contribution in [0.5, 0.6) is 0 Å². The number of hydrogen-bond acceptors (Lipinski definition) is 5. The molecule has 8 heteroatoms. The summed E-state index contributed by atoms with van der Waals surface area (Å²) in [7, 11) is 3.72. The molecule has 0 saturated carbocycles. The van der Waals surface area contributed by atoms with Crippen LogP contribution in [0.3, 0.4) is 0 Å². The zero-order valence-corrected chi connectivity index (χ0v) is 19.7. The fourth-order valence-corrected chi connectivity index (χ4v) is 4.42. The molecule has 1 N–H and O–H groups in total. The molecule has 31 heavy (non-hydrogen) atoms. The van der Waals surface area contributed by atoms with Crippen molar-refractivity contribution in [1.82, 2.24) is 20.1 Å². The maximum atomic E-state index is 12.0. The fourth-order valence-electron chi connectivity index (χ4n) is 3.57. The maximum absolute atomic E-state index is 12.0. The second-order valence-electron chi connectivity index (χ2n) is 7.77. The van der Waals surface area contributed by atoms with Gasteiger partial charge in [-0.05, 0) is 31.4 Å². The minimum atomic E-state index is 0.00458. The molecule has 7 nitrogen and oxygen atoms in total. The largest absolute Gasteiger partial charge is 0.375 e. The number of benzene rings is 1. The fraction of sp³-hybridized carbons (Fsp3) is 0.522. The highest BCUT2D eigenvalue weighted by Gasteiger charge is 2.21. The van der Waals surface area contributed by atoms with Gasteiger partial charge in [0, 0.05) is 45.6 Å². The molecule has 1 aliphatic heterocycles. The lowest BCUT2D eigenvalue weighted by atomic mass is 10.1. The molecular formula is C23H33N5O2S. The summed E-state index contributed by atoms with van der Waals surface area (Å²) in [4.78, 5) is 25.6. The van der Waals surface area contributed by atoms with Gasteiger partial charge < -0.3 is 19.9 Å². The Morgan fingerprint density at radius 3 is 2.84 bits per heavy atom. The summed E-state index contributed by atoms with van der Waals surface area (Å²) in [5.41, 5.74) is 3.32. The number of nitrogens with zero attached hydrogens (tertiary/aromatic N) is 4. The van der Waals surface area contributed by atoms with Crippen molar-refractivity contribution in [3.8, 4) is 0 Å². The standard InChI is InChI=1S/C23H33N5O2S/c1-5-24-23(27(3)15-20-16-31-22(26-20)17(2)30-4)25-13-18-9-6-7-10-19(18)14-28-12-8-11-21(28)29/h6-7,9-10,16-17H,5,8,11-15H2,1-4H3,(H,24,25). The Labute approximate surface area is 189 Å². The van der Waals surface area contributed by atoms with Crippen molar-refractivity contribution >= 4 is 23.2 Å². The SMILES string of the molecule is CCNC(=NCc1ccccc1CN1CCCC1=O)N(C)Cc1csc(C(C)OC)n1. The minimum absolute atomic E-state index is 0.00458. The predicted molar refractivity (Wildman–Crippen MR) is 125 cm³/mol. The van der Waals surface area contributed by atoms with Gasteiger partial charge in [-0.3, -0.25) is 4.79 Å². The molecule has 0 spiro atoms. The number of ether oxygens (including phenoxy) is 1. The smallest absolute Gasteiger partial charge is 0.222 e. The van der Waals surface area contributed by atoms with Gasteiger partial charge in [-0.25, -0.2) is 9.98 Å². The average molecular weight is 444 g/mol. The molecule has 0 aliphatic carbocycles. The van der Waals surface area contributed by atoms with Crippen molar-refractivity contribution < 1.29 is 9.53 Å². The molecule has 1 amide bonds. The zero-order valence-electron chi connectivity index (χ0n) is 18.9. The summed E-state index contributed by atoms with van der Waals surface area (Å²) in [6.07, 6.45) is 1.62. The van der Waals surface area contributed by atoms with E-state index in [-0.39, 0.29) is 12.0 Å². The molecule has 168 valence electrons.